The zero-order chi connectivity index (χ0) is 12.8. The van der Waals surface area contributed by atoms with Gasteiger partial charge in [-0.3, -0.25) is 4.79 Å². The molecule has 1 N–H and O–H groups in total. The first-order valence-electron chi connectivity index (χ1n) is 5.26. The first-order chi connectivity index (χ1) is 8.06. The second-order valence-corrected chi connectivity index (χ2v) is 3.61. The van der Waals surface area contributed by atoms with Gasteiger partial charge in [-0.05, 0) is 18.1 Å². The highest BCUT2D eigenvalue weighted by Gasteiger charge is 2.11. The van der Waals surface area contributed by atoms with Gasteiger partial charge in [0.2, 0.25) is 5.91 Å². The van der Waals surface area contributed by atoms with Crippen LogP contribution in [0.4, 0.5) is 8.78 Å². The van der Waals surface area contributed by atoms with Crippen LogP contribution in [-0.4, -0.2) is 11.9 Å². The molecule has 4 heteroatoms. The third kappa shape index (κ3) is 3.87. The monoisotopic (exact) mass is 237 g/mol. The molecule has 0 aromatic heterocycles. The number of carbonyl (C=O) groups is 1. The average Bonchev–Trinajstić information content (AvgIpc) is 2.29. The normalized spacial score (nSPS) is 11.6. The molecule has 0 aliphatic heterocycles. The topological polar surface area (TPSA) is 29.1 Å². The van der Waals surface area contributed by atoms with Crippen molar-refractivity contribution in [2.45, 2.75) is 25.8 Å². The minimum absolute atomic E-state index is 0.149. The Morgan fingerprint density at radius 2 is 2.24 bits per heavy atom. The minimum atomic E-state index is -0.728. The lowest BCUT2D eigenvalue weighted by Crippen LogP contribution is -2.34. The number of benzene rings is 1. The Balaban J connectivity index is 2.66. The molecule has 0 aliphatic rings. The first kappa shape index (κ1) is 13.2. The second kappa shape index (κ2) is 6.00. The number of nitrogens with one attached hydrogen (secondary N) is 1. The van der Waals surface area contributed by atoms with E-state index >= 15 is 0 Å². The lowest BCUT2D eigenvalue weighted by atomic mass is 10.1. The van der Waals surface area contributed by atoms with E-state index in [1.165, 1.54) is 6.07 Å². The summed E-state index contributed by atoms with van der Waals surface area (Å²) in [5.41, 5.74) is 0.149. The third-order valence-electron chi connectivity index (χ3n) is 2.31. The van der Waals surface area contributed by atoms with Crippen LogP contribution in [0.3, 0.4) is 0 Å². The van der Waals surface area contributed by atoms with Crippen LogP contribution in [-0.2, 0) is 11.2 Å². The van der Waals surface area contributed by atoms with Gasteiger partial charge in [-0.25, -0.2) is 8.78 Å². The Morgan fingerprint density at radius 3 is 2.76 bits per heavy atom. The van der Waals surface area contributed by atoms with E-state index in [9.17, 15) is 13.6 Å². The van der Waals surface area contributed by atoms with Crippen LogP contribution < -0.4 is 5.32 Å². The van der Waals surface area contributed by atoms with E-state index < -0.39 is 11.6 Å². The van der Waals surface area contributed by atoms with Crippen molar-refractivity contribution in [3.63, 3.8) is 0 Å². The summed E-state index contributed by atoms with van der Waals surface area (Å²) in [6, 6.07) is 2.76. The molecule has 0 aliphatic carbocycles. The average molecular weight is 237 g/mol. The van der Waals surface area contributed by atoms with Crippen molar-refractivity contribution < 1.29 is 13.6 Å². The van der Waals surface area contributed by atoms with Crippen molar-refractivity contribution in [3.8, 4) is 12.3 Å². The maximum Gasteiger partial charge on any atom is 0.225 e. The summed E-state index contributed by atoms with van der Waals surface area (Å²) in [5.74, 6) is 0.639. The molecule has 0 fully saturated rings. The van der Waals surface area contributed by atoms with Crippen molar-refractivity contribution in [2.75, 3.05) is 0 Å². The van der Waals surface area contributed by atoms with E-state index in [-0.39, 0.29) is 23.9 Å². The molecule has 1 aromatic carbocycles. The highest BCUT2D eigenvalue weighted by molar-refractivity contribution is 5.79. The van der Waals surface area contributed by atoms with Crippen molar-refractivity contribution >= 4 is 5.91 Å². The van der Waals surface area contributed by atoms with Crippen LogP contribution >= 0.6 is 0 Å². The molecule has 1 rings (SSSR count). The van der Waals surface area contributed by atoms with Gasteiger partial charge < -0.3 is 5.32 Å². The van der Waals surface area contributed by atoms with E-state index in [4.69, 9.17) is 6.42 Å². The molecule has 1 atom stereocenters. The smallest absolute Gasteiger partial charge is 0.225 e. The first-order valence-corrected chi connectivity index (χ1v) is 5.26. The van der Waals surface area contributed by atoms with E-state index in [0.29, 0.717) is 6.42 Å². The van der Waals surface area contributed by atoms with Crippen molar-refractivity contribution in [1.29, 1.82) is 0 Å². The van der Waals surface area contributed by atoms with E-state index in [2.05, 4.69) is 11.2 Å². The summed E-state index contributed by atoms with van der Waals surface area (Å²) in [7, 11) is 0. The maximum absolute atomic E-state index is 13.3. The number of hydrogen-bond acceptors (Lipinski definition) is 1. The van der Waals surface area contributed by atoms with Crippen LogP contribution in [0.5, 0.6) is 0 Å². The van der Waals surface area contributed by atoms with Gasteiger partial charge in [-0.2, -0.15) is 0 Å². The highest BCUT2D eigenvalue weighted by Crippen LogP contribution is 2.10. The third-order valence-corrected chi connectivity index (χ3v) is 2.31. The highest BCUT2D eigenvalue weighted by atomic mass is 19.1. The molecule has 0 spiro atoms. The van der Waals surface area contributed by atoms with Crippen LogP contribution in [0.25, 0.3) is 0 Å². The predicted octanol–water partition coefficient (Wildman–Crippen LogP) is 2.04. The molecule has 0 saturated carbocycles. The molecule has 0 radical (unpaired) electrons. The Labute approximate surface area is 99.0 Å². The lowest BCUT2D eigenvalue weighted by molar-refractivity contribution is -0.120. The number of terminal acetylenes is 1. The fraction of sp³-hybridized carbons (Fsp3) is 0.308. The van der Waals surface area contributed by atoms with E-state index in [1.54, 1.807) is 0 Å². The molecule has 1 unspecified atom stereocenters. The molecule has 17 heavy (non-hydrogen) atoms. The molecular weight excluding hydrogens is 224 g/mol. The van der Waals surface area contributed by atoms with Gasteiger partial charge in [0.15, 0.2) is 0 Å². The maximum atomic E-state index is 13.3. The van der Waals surface area contributed by atoms with Gasteiger partial charge in [-0.1, -0.05) is 18.9 Å². The minimum Gasteiger partial charge on any atom is -0.342 e. The Bertz CT molecular complexity index is 451. The number of amides is 1. The standard InChI is InChI=1S/C13H13F2NO/c1-3-11(4-2)16-13(17)7-9-5-6-10(14)8-12(9)15/h1,5-6,8,11H,4,7H2,2H3,(H,16,17). The summed E-state index contributed by atoms with van der Waals surface area (Å²) in [5, 5.41) is 2.57. The zero-order valence-corrected chi connectivity index (χ0v) is 9.47. The molecule has 90 valence electrons. The van der Waals surface area contributed by atoms with E-state index in [0.717, 1.165) is 12.1 Å². The summed E-state index contributed by atoms with van der Waals surface area (Å²) in [6.07, 6.45) is 5.64. The molecular formula is C13H13F2NO. The quantitative estimate of drug-likeness (QED) is 0.798. The molecule has 0 bridgehead atoms. The van der Waals surface area contributed by atoms with E-state index in [1.807, 2.05) is 6.92 Å². The molecule has 1 amide bonds. The van der Waals surface area contributed by atoms with Gasteiger partial charge in [0.1, 0.15) is 11.6 Å². The van der Waals surface area contributed by atoms with Crippen molar-refractivity contribution in [2.24, 2.45) is 0 Å². The largest absolute Gasteiger partial charge is 0.342 e. The van der Waals surface area contributed by atoms with Crippen LogP contribution in [0, 0.1) is 24.0 Å². The lowest BCUT2D eigenvalue weighted by Gasteiger charge is -2.10. The molecule has 0 heterocycles. The summed E-state index contributed by atoms with van der Waals surface area (Å²) >= 11 is 0. The number of halogens is 2. The zero-order valence-electron chi connectivity index (χ0n) is 9.47. The van der Waals surface area contributed by atoms with Crippen LogP contribution in [0.1, 0.15) is 18.9 Å². The van der Waals surface area contributed by atoms with Crippen LogP contribution in [0.2, 0.25) is 0 Å². The Hall–Kier alpha value is -1.89. The van der Waals surface area contributed by atoms with Gasteiger partial charge >= 0.3 is 0 Å². The number of hydrogen-bond donors (Lipinski definition) is 1. The summed E-state index contributed by atoms with van der Waals surface area (Å²) in [6.45, 7) is 1.84. The summed E-state index contributed by atoms with van der Waals surface area (Å²) < 4.78 is 25.9. The van der Waals surface area contributed by atoms with Crippen LogP contribution in [0.15, 0.2) is 18.2 Å². The number of carbonyl (C=O) groups excluding carboxylic acids is 1. The SMILES string of the molecule is C#CC(CC)NC(=O)Cc1ccc(F)cc1F. The predicted molar refractivity (Wildman–Crippen MR) is 61.1 cm³/mol. The fourth-order valence-corrected chi connectivity index (χ4v) is 1.34. The molecule has 0 saturated heterocycles. The molecule has 2 nitrogen and oxygen atoms in total. The number of rotatable bonds is 4. The van der Waals surface area contributed by atoms with Crippen molar-refractivity contribution in [3.05, 3.63) is 35.4 Å². The van der Waals surface area contributed by atoms with Gasteiger partial charge in [0, 0.05) is 6.07 Å². The second-order valence-electron chi connectivity index (χ2n) is 3.61. The summed E-state index contributed by atoms with van der Waals surface area (Å²) in [4.78, 5) is 11.5. The fourth-order valence-electron chi connectivity index (χ4n) is 1.34. The Morgan fingerprint density at radius 1 is 1.53 bits per heavy atom. The van der Waals surface area contributed by atoms with Gasteiger partial charge in [0.05, 0.1) is 12.5 Å². The van der Waals surface area contributed by atoms with Gasteiger partial charge in [0.25, 0.3) is 0 Å². The van der Waals surface area contributed by atoms with Gasteiger partial charge in [-0.15, -0.1) is 6.42 Å². The Kier molecular flexibility index (Phi) is 4.65. The van der Waals surface area contributed by atoms with Crippen molar-refractivity contribution in [1.82, 2.24) is 5.32 Å². The molecule has 1 aromatic rings.